The number of likely N-dealkylation sites (tertiary alicyclic amines) is 1. The highest BCUT2D eigenvalue weighted by molar-refractivity contribution is 6.33. The van der Waals surface area contributed by atoms with E-state index in [0.717, 1.165) is 0 Å². The molecular formula is C16H20ClNO4. The molecule has 1 aromatic carbocycles. The number of aliphatic hydroxyl groups excluding tert-OH is 1. The summed E-state index contributed by atoms with van der Waals surface area (Å²) in [5.41, 5.74) is -0.944. The molecule has 1 aromatic rings. The van der Waals surface area contributed by atoms with Gasteiger partial charge in [-0.05, 0) is 25.0 Å². The summed E-state index contributed by atoms with van der Waals surface area (Å²) in [5, 5.41) is 20.1. The molecule has 1 aliphatic rings. The number of carboxylic acids is 1. The highest BCUT2D eigenvalue weighted by atomic mass is 35.5. The summed E-state index contributed by atoms with van der Waals surface area (Å²) in [7, 11) is 0. The summed E-state index contributed by atoms with van der Waals surface area (Å²) in [5.74, 6) is -1.35. The second kappa shape index (κ2) is 6.67. The average Bonchev–Trinajstić information content (AvgIpc) is 2.49. The number of nitrogens with zero attached hydrogens (tertiary/aromatic N) is 1. The van der Waals surface area contributed by atoms with Crippen molar-refractivity contribution < 1.29 is 19.8 Å². The lowest BCUT2D eigenvalue weighted by Crippen LogP contribution is -2.57. The van der Waals surface area contributed by atoms with Crippen molar-refractivity contribution in [1.82, 2.24) is 4.90 Å². The Morgan fingerprint density at radius 1 is 1.41 bits per heavy atom. The Labute approximate surface area is 134 Å². The standard InChI is InChI=1S/C16H20ClNO4/c1-2-8-16(15(21)22)10-18(9-7-13(16)19)14(20)11-5-3-4-6-12(11)17/h3-6,13,19H,2,7-10H2,1H3,(H,21,22)/t13-,16-/m1/s1. The highest BCUT2D eigenvalue weighted by Gasteiger charge is 2.49. The Morgan fingerprint density at radius 3 is 2.68 bits per heavy atom. The van der Waals surface area contributed by atoms with E-state index >= 15 is 0 Å². The lowest BCUT2D eigenvalue weighted by Gasteiger charge is -2.43. The Bertz CT molecular complexity index is 577. The molecule has 22 heavy (non-hydrogen) atoms. The van der Waals surface area contributed by atoms with Crippen molar-refractivity contribution in [2.45, 2.75) is 32.3 Å². The molecule has 0 aliphatic carbocycles. The molecule has 2 rings (SSSR count). The molecule has 0 aromatic heterocycles. The fraction of sp³-hybridized carbons (Fsp3) is 0.500. The van der Waals surface area contributed by atoms with Crippen LogP contribution in [-0.2, 0) is 4.79 Å². The molecule has 0 radical (unpaired) electrons. The summed E-state index contributed by atoms with van der Waals surface area (Å²) >= 11 is 6.05. The van der Waals surface area contributed by atoms with Crippen LogP contribution in [0.4, 0.5) is 0 Å². The van der Waals surface area contributed by atoms with Gasteiger partial charge in [0.2, 0.25) is 0 Å². The van der Waals surface area contributed by atoms with E-state index in [2.05, 4.69) is 0 Å². The van der Waals surface area contributed by atoms with Crippen LogP contribution in [-0.4, -0.2) is 46.2 Å². The predicted molar refractivity (Wildman–Crippen MR) is 83.0 cm³/mol. The van der Waals surface area contributed by atoms with Crippen molar-refractivity contribution in [3.05, 3.63) is 34.9 Å². The minimum Gasteiger partial charge on any atom is -0.481 e. The molecule has 0 unspecified atom stereocenters. The number of carboxylic acid groups (broad SMARTS) is 1. The van der Waals surface area contributed by atoms with Gasteiger partial charge < -0.3 is 15.1 Å². The molecule has 1 heterocycles. The number of rotatable bonds is 4. The third kappa shape index (κ3) is 2.96. The molecule has 1 fully saturated rings. The first-order valence-corrected chi connectivity index (χ1v) is 7.75. The molecule has 0 saturated carbocycles. The zero-order valence-corrected chi connectivity index (χ0v) is 13.2. The van der Waals surface area contributed by atoms with E-state index in [1.165, 1.54) is 4.90 Å². The summed E-state index contributed by atoms with van der Waals surface area (Å²) in [6.45, 7) is 2.19. The van der Waals surface area contributed by atoms with Gasteiger partial charge >= 0.3 is 5.97 Å². The van der Waals surface area contributed by atoms with Crippen LogP contribution in [0.5, 0.6) is 0 Å². The van der Waals surface area contributed by atoms with Gasteiger partial charge in [0.05, 0.1) is 16.7 Å². The first kappa shape index (κ1) is 16.8. The smallest absolute Gasteiger partial charge is 0.314 e. The molecule has 5 nitrogen and oxygen atoms in total. The van der Waals surface area contributed by atoms with Crippen molar-refractivity contribution >= 4 is 23.5 Å². The van der Waals surface area contributed by atoms with Crippen molar-refractivity contribution in [3.63, 3.8) is 0 Å². The normalized spacial score (nSPS) is 25.0. The monoisotopic (exact) mass is 325 g/mol. The Balaban J connectivity index is 2.28. The topological polar surface area (TPSA) is 77.8 Å². The number of carbonyl (C=O) groups excluding carboxylic acids is 1. The maximum absolute atomic E-state index is 12.6. The molecule has 6 heteroatoms. The third-order valence-electron chi connectivity index (χ3n) is 4.30. The number of hydrogen-bond acceptors (Lipinski definition) is 3. The van der Waals surface area contributed by atoms with Crippen molar-refractivity contribution in [2.24, 2.45) is 5.41 Å². The SMILES string of the molecule is CCC[C@@]1(C(=O)O)CN(C(=O)c2ccccc2Cl)CC[C@H]1O. The van der Waals surface area contributed by atoms with E-state index in [1.807, 2.05) is 6.92 Å². The highest BCUT2D eigenvalue weighted by Crippen LogP contribution is 2.36. The van der Waals surface area contributed by atoms with Gasteiger partial charge in [-0.15, -0.1) is 0 Å². The van der Waals surface area contributed by atoms with Gasteiger partial charge in [-0.1, -0.05) is 37.1 Å². The van der Waals surface area contributed by atoms with Gasteiger partial charge in [-0.2, -0.15) is 0 Å². The number of piperidine rings is 1. The lowest BCUT2D eigenvalue weighted by molar-refractivity contribution is -0.162. The zero-order valence-electron chi connectivity index (χ0n) is 12.5. The maximum Gasteiger partial charge on any atom is 0.314 e. The van der Waals surface area contributed by atoms with Crippen LogP contribution in [0, 0.1) is 5.41 Å². The van der Waals surface area contributed by atoms with Crippen LogP contribution < -0.4 is 0 Å². The first-order valence-electron chi connectivity index (χ1n) is 7.37. The number of carbonyl (C=O) groups is 2. The van der Waals surface area contributed by atoms with Crippen LogP contribution in [0.3, 0.4) is 0 Å². The minimum atomic E-state index is -1.30. The van der Waals surface area contributed by atoms with E-state index in [9.17, 15) is 19.8 Å². The van der Waals surface area contributed by atoms with Crippen LogP contribution >= 0.6 is 11.6 Å². The van der Waals surface area contributed by atoms with Gasteiger partial charge in [0.1, 0.15) is 5.41 Å². The van der Waals surface area contributed by atoms with E-state index in [4.69, 9.17) is 11.6 Å². The zero-order chi connectivity index (χ0) is 16.3. The minimum absolute atomic E-state index is 0.00139. The van der Waals surface area contributed by atoms with Gasteiger partial charge in [0, 0.05) is 13.1 Å². The van der Waals surface area contributed by atoms with E-state index in [-0.39, 0.29) is 18.9 Å². The molecule has 0 spiro atoms. The molecule has 0 bridgehead atoms. The Kier molecular flexibility index (Phi) is 5.08. The van der Waals surface area contributed by atoms with Crippen LogP contribution in [0.15, 0.2) is 24.3 Å². The van der Waals surface area contributed by atoms with Crippen LogP contribution in [0.2, 0.25) is 5.02 Å². The molecule has 2 N–H and O–H groups in total. The fourth-order valence-corrected chi connectivity index (χ4v) is 3.28. The maximum atomic E-state index is 12.6. The first-order chi connectivity index (χ1) is 10.4. The quantitative estimate of drug-likeness (QED) is 0.891. The second-order valence-electron chi connectivity index (χ2n) is 5.72. The number of hydrogen-bond donors (Lipinski definition) is 2. The number of amides is 1. The van der Waals surface area contributed by atoms with Crippen molar-refractivity contribution in [1.29, 1.82) is 0 Å². The van der Waals surface area contributed by atoms with Crippen LogP contribution in [0.1, 0.15) is 36.5 Å². The van der Waals surface area contributed by atoms with E-state index in [1.54, 1.807) is 24.3 Å². The summed E-state index contributed by atoms with van der Waals surface area (Å²) in [6, 6.07) is 6.70. The Morgan fingerprint density at radius 2 is 2.09 bits per heavy atom. The van der Waals surface area contributed by atoms with E-state index < -0.39 is 17.5 Å². The van der Waals surface area contributed by atoms with Gasteiger partial charge in [0.15, 0.2) is 0 Å². The Hall–Kier alpha value is -1.59. The molecule has 2 atom stereocenters. The molecule has 1 saturated heterocycles. The van der Waals surface area contributed by atoms with E-state index in [0.29, 0.717) is 30.0 Å². The van der Waals surface area contributed by atoms with Gasteiger partial charge in [-0.3, -0.25) is 9.59 Å². The third-order valence-corrected chi connectivity index (χ3v) is 4.63. The molecular weight excluding hydrogens is 306 g/mol. The summed E-state index contributed by atoms with van der Waals surface area (Å²) in [6.07, 6.45) is 0.260. The number of aliphatic hydroxyl groups is 1. The summed E-state index contributed by atoms with van der Waals surface area (Å²) in [4.78, 5) is 25.8. The number of aliphatic carboxylic acids is 1. The van der Waals surface area contributed by atoms with Gasteiger partial charge in [-0.25, -0.2) is 0 Å². The molecule has 1 amide bonds. The molecule has 1 aliphatic heterocycles. The van der Waals surface area contributed by atoms with Crippen molar-refractivity contribution in [3.8, 4) is 0 Å². The fourth-order valence-electron chi connectivity index (χ4n) is 3.07. The molecule has 120 valence electrons. The average molecular weight is 326 g/mol. The lowest BCUT2D eigenvalue weighted by atomic mass is 9.74. The van der Waals surface area contributed by atoms with Crippen molar-refractivity contribution in [2.75, 3.05) is 13.1 Å². The second-order valence-corrected chi connectivity index (χ2v) is 6.13. The van der Waals surface area contributed by atoms with Gasteiger partial charge in [0.25, 0.3) is 5.91 Å². The van der Waals surface area contributed by atoms with Crippen LogP contribution in [0.25, 0.3) is 0 Å². The summed E-state index contributed by atoms with van der Waals surface area (Å²) < 4.78 is 0. The number of benzene rings is 1. The number of halogens is 1. The largest absolute Gasteiger partial charge is 0.481 e. The predicted octanol–water partition coefficient (Wildman–Crippen LogP) is 2.42.